The smallest absolute Gasteiger partial charge is 0.227 e. The fraction of sp³-hybridized carbons (Fsp3) is 0.267. The number of aliphatic hydroxyl groups excluding tert-OH is 1. The minimum atomic E-state index is -0.171. The molecular weight excluding hydrogens is 284 g/mol. The van der Waals surface area contributed by atoms with Crippen molar-refractivity contribution in [3.8, 4) is 0 Å². The molecule has 0 saturated carbocycles. The van der Waals surface area contributed by atoms with Crippen LogP contribution in [0.25, 0.3) is 11.0 Å². The van der Waals surface area contributed by atoms with Gasteiger partial charge in [0.1, 0.15) is 18.2 Å². The number of carbonyl (C=O) groups is 1. The molecule has 1 amide bonds. The highest BCUT2D eigenvalue weighted by Crippen LogP contribution is 2.17. The first kappa shape index (κ1) is 14.3. The number of aromatic nitrogens is 3. The van der Waals surface area contributed by atoms with Crippen molar-refractivity contribution >= 4 is 22.8 Å². The van der Waals surface area contributed by atoms with Gasteiger partial charge in [0, 0.05) is 19.0 Å². The predicted octanol–water partition coefficient (Wildman–Crippen LogP) is 1.85. The Bertz CT molecular complexity index is 806. The third-order valence-corrected chi connectivity index (χ3v) is 3.33. The predicted molar refractivity (Wildman–Crippen MR) is 80.1 cm³/mol. The summed E-state index contributed by atoms with van der Waals surface area (Å²) in [5.41, 5.74) is 1.70. The fourth-order valence-corrected chi connectivity index (χ4v) is 2.34. The SMILES string of the molecule is Cc1cc(NC(=O)CCn2c(CO)nc3ccccc32)no1. The summed E-state index contributed by atoms with van der Waals surface area (Å²) in [6.07, 6.45) is 0.249. The lowest BCUT2D eigenvalue weighted by atomic mass is 10.3. The second-order valence-corrected chi connectivity index (χ2v) is 4.95. The van der Waals surface area contributed by atoms with Gasteiger partial charge in [-0.3, -0.25) is 4.79 Å². The van der Waals surface area contributed by atoms with Crippen LogP contribution in [0.1, 0.15) is 18.0 Å². The molecule has 0 aliphatic carbocycles. The van der Waals surface area contributed by atoms with Crippen LogP contribution >= 0.6 is 0 Å². The van der Waals surface area contributed by atoms with Gasteiger partial charge >= 0.3 is 0 Å². The van der Waals surface area contributed by atoms with Crippen molar-refractivity contribution in [2.75, 3.05) is 5.32 Å². The van der Waals surface area contributed by atoms with E-state index < -0.39 is 0 Å². The Morgan fingerprint density at radius 2 is 2.23 bits per heavy atom. The highest BCUT2D eigenvalue weighted by molar-refractivity contribution is 5.89. The molecular formula is C15H16N4O3. The third-order valence-electron chi connectivity index (χ3n) is 3.33. The number of aryl methyl sites for hydroxylation is 2. The van der Waals surface area contributed by atoms with Gasteiger partial charge in [-0.15, -0.1) is 0 Å². The number of carbonyl (C=O) groups excluding carboxylic acids is 1. The quantitative estimate of drug-likeness (QED) is 0.750. The highest BCUT2D eigenvalue weighted by Gasteiger charge is 2.12. The lowest BCUT2D eigenvalue weighted by molar-refractivity contribution is -0.116. The average molecular weight is 300 g/mol. The van der Waals surface area contributed by atoms with Crippen molar-refractivity contribution < 1.29 is 14.4 Å². The topological polar surface area (TPSA) is 93.2 Å². The molecule has 2 N–H and O–H groups in total. The Balaban J connectivity index is 1.72. The largest absolute Gasteiger partial charge is 0.388 e. The van der Waals surface area contributed by atoms with E-state index in [1.54, 1.807) is 13.0 Å². The molecule has 114 valence electrons. The average Bonchev–Trinajstić information content (AvgIpc) is 3.08. The zero-order valence-electron chi connectivity index (χ0n) is 12.1. The number of fused-ring (bicyclic) bond motifs is 1. The molecule has 7 heteroatoms. The Kier molecular flexibility index (Phi) is 3.88. The van der Waals surface area contributed by atoms with Crippen molar-refractivity contribution in [2.24, 2.45) is 0 Å². The number of benzene rings is 1. The van der Waals surface area contributed by atoms with E-state index in [0.29, 0.717) is 23.9 Å². The maximum atomic E-state index is 12.0. The van der Waals surface area contributed by atoms with Gasteiger partial charge in [0.25, 0.3) is 0 Å². The maximum Gasteiger partial charge on any atom is 0.227 e. The minimum absolute atomic E-state index is 0.168. The van der Waals surface area contributed by atoms with E-state index in [9.17, 15) is 9.90 Å². The van der Waals surface area contributed by atoms with Crippen LogP contribution in [0.3, 0.4) is 0 Å². The van der Waals surface area contributed by atoms with Crippen LogP contribution in [-0.2, 0) is 17.9 Å². The van der Waals surface area contributed by atoms with Gasteiger partial charge in [0.2, 0.25) is 5.91 Å². The summed E-state index contributed by atoms with van der Waals surface area (Å²) in [5, 5.41) is 15.8. The molecule has 0 radical (unpaired) electrons. The first-order valence-corrected chi connectivity index (χ1v) is 6.95. The van der Waals surface area contributed by atoms with Crippen LogP contribution in [0.15, 0.2) is 34.9 Å². The molecule has 0 aliphatic heterocycles. The first-order chi connectivity index (χ1) is 10.7. The van der Waals surface area contributed by atoms with Crippen molar-refractivity contribution in [3.05, 3.63) is 41.9 Å². The Labute approximate surface area is 126 Å². The molecule has 0 aliphatic rings. The van der Waals surface area contributed by atoms with Crippen molar-refractivity contribution in [1.29, 1.82) is 0 Å². The van der Waals surface area contributed by atoms with Gasteiger partial charge in [-0.25, -0.2) is 4.98 Å². The number of nitrogens with one attached hydrogen (secondary N) is 1. The Hall–Kier alpha value is -2.67. The summed E-state index contributed by atoms with van der Waals surface area (Å²) in [4.78, 5) is 16.3. The monoisotopic (exact) mass is 300 g/mol. The highest BCUT2D eigenvalue weighted by atomic mass is 16.5. The number of hydrogen-bond acceptors (Lipinski definition) is 5. The van der Waals surface area contributed by atoms with Crippen LogP contribution in [0.4, 0.5) is 5.82 Å². The summed E-state index contributed by atoms with van der Waals surface area (Å²) < 4.78 is 6.75. The normalized spacial score (nSPS) is 11.0. The molecule has 3 rings (SSSR count). The minimum Gasteiger partial charge on any atom is -0.388 e. The van der Waals surface area contributed by atoms with E-state index in [-0.39, 0.29) is 18.9 Å². The zero-order valence-corrected chi connectivity index (χ0v) is 12.1. The number of hydrogen-bond donors (Lipinski definition) is 2. The number of amides is 1. The van der Waals surface area contributed by atoms with E-state index in [0.717, 1.165) is 11.0 Å². The summed E-state index contributed by atoms with van der Waals surface area (Å²) in [6.45, 7) is 2.02. The molecule has 22 heavy (non-hydrogen) atoms. The maximum absolute atomic E-state index is 12.0. The van der Waals surface area contributed by atoms with Crippen LogP contribution in [-0.4, -0.2) is 25.7 Å². The number of nitrogens with zero attached hydrogens (tertiary/aromatic N) is 3. The Morgan fingerprint density at radius 3 is 2.95 bits per heavy atom. The lowest BCUT2D eigenvalue weighted by Crippen LogP contribution is -2.15. The van der Waals surface area contributed by atoms with Gasteiger partial charge in [0.15, 0.2) is 5.82 Å². The molecule has 0 saturated heterocycles. The second kappa shape index (κ2) is 5.98. The molecule has 1 aromatic carbocycles. The molecule has 0 bridgehead atoms. The molecule has 3 aromatic rings. The van der Waals surface area contributed by atoms with Crippen LogP contribution < -0.4 is 5.32 Å². The molecule has 2 aromatic heterocycles. The summed E-state index contributed by atoms with van der Waals surface area (Å²) in [5.74, 6) is 1.42. The van der Waals surface area contributed by atoms with E-state index in [4.69, 9.17) is 4.52 Å². The van der Waals surface area contributed by atoms with Crippen LogP contribution in [0.5, 0.6) is 0 Å². The molecule has 0 fully saturated rings. The number of rotatable bonds is 5. The first-order valence-electron chi connectivity index (χ1n) is 6.95. The van der Waals surface area contributed by atoms with Crippen LogP contribution in [0.2, 0.25) is 0 Å². The zero-order chi connectivity index (χ0) is 15.5. The van der Waals surface area contributed by atoms with Gasteiger partial charge < -0.3 is 19.5 Å². The molecule has 0 atom stereocenters. The van der Waals surface area contributed by atoms with Crippen molar-refractivity contribution in [1.82, 2.24) is 14.7 Å². The summed E-state index contributed by atoms with van der Waals surface area (Å²) in [6, 6.07) is 9.24. The van der Waals surface area contributed by atoms with Crippen LogP contribution in [0, 0.1) is 6.92 Å². The van der Waals surface area contributed by atoms with Gasteiger partial charge in [0.05, 0.1) is 11.0 Å². The third kappa shape index (κ3) is 2.84. The van der Waals surface area contributed by atoms with Crippen molar-refractivity contribution in [2.45, 2.75) is 26.5 Å². The van der Waals surface area contributed by atoms with E-state index in [1.807, 2.05) is 28.8 Å². The molecule has 0 spiro atoms. The van der Waals surface area contributed by atoms with Gasteiger partial charge in [-0.1, -0.05) is 17.3 Å². The Morgan fingerprint density at radius 1 is 1.41 bits per heavy atom. The molecule has 0 unspecified atom stereocenters. The number of aliphatic hydroxyl groups is 1. The fourth-order valence-electron chi connectivity index (χ4n) is 2.34. The standard InChI is InChI=1S/C15H16N4O3/c1-10-8-13(18-22-10)17-15(21)6-7-19-12-5-3-2-4-11(12)16-14(19)9-20/h2-5,8,20H,6-7,9H2,1H3,(H,17,18,21). The van der Waals surface area contributed by atoms with Gasteiger partial charge in [-0.05, 0) is 19.1 Å². The lowest BCUT2D eigenvalue weighted by Gasteiger charge is -2.07. The van der Waals surface area contributed by atoms with E-state index >= 15 is 0 Å². The van der Waals surface area contributed by atoms with Crippen molar-refractivity contribution in [3.63, 3.8) is 0 Å². The van der Waals surface area contributed by atoms with E-state index in [1.165, 1.54) is 0 Å². The summed E-state index contributed by atoms with van der Waals surface area (Å²) >= 11 is 0. The number of imidazole rings is 1. The number of para-hydroxylation sites is 2. The molecule has 2 heterocycles. The molecule has 7 nitrogen and oxygen atoms in total. The second-order valence-electron chi connectivity index (χ2n) is 4.95. The van der Waals surface area contributed by atoms with Gasteiger partial charge in [-0.2, -0.15) is 0 Å². The summed E-state index contributed by atoms with van der Waals surface area (Å²) in [7, 11) is 0. The number of anilines is 1. The van der Waals surface area contributed by atoms with E-state index in [2.05, 4.69) is 15.5 Å².